The molecular weight excluding hydrogens is 400 g/mol. The van der Waals surface area contributed by atoms with E-state index < -0.39 is 22.3 Å². The maximum absolute atomic E-state index is 12.5. The summed E-state index contributed by atoms with van der Waals surface area (Å²) in [7, 11) is 0. The first-order valence-electron chi connectivity index (χ1n) is 9.19. The summed E-state index contributed by atoms with van der Waals surface area (Å²) in [4.78, 5) is 31.6. The van der Waals surface area contributed by atoms with Gasteiger partial charge in [-0.3, -0.25) is 19.9 Å². The van der Waals surface area contributed by atoms with Gasteiger partial charge in [-0.2, -0.15) is 5.10 Å². The Kier molecular flexibility index (Phi) is 5.35. The van der Waals surface area contributed by atoms with E-state index >= 15 is 0 Å². The molecule has 10 heteroatoms. The molecule has 0 aliphatic heterocycles. The Morgan fingerprint density at radius 1 is 1.19 bits per heavy atom. The first kappa shape index (κ1) is 19.7. The maximum Gasteiger partial charge on any atom is 0.311 e. The smallest absolute Gasteiger partial charge is 0.311 e. The SMILES string of the molecule is O=C(Cn1c(-c2ccccn2)nc2ccccc21)NN=Cc1ccc(O)c([N+](=O)[O-])c1. The van der Waals surface area contributed by atoms with E-state index in [9.17, 15) is 20.0 Å². The highest BCUT2D eigenvalue weighted by Gasteiger charge is 2.16. The number of phenolic OH excluding ortho intramolecular Hbond substituents is 1. The van der Waals surface area contributed by atoms with E-state index in [-0.39, 0.29) is 6.54 Å². The van der Waals surface area contributed by atoms with Crippen LogP contribution in [0.4, 0.5) is 5.69 Å². The van der Waals surface area contributed by atoms with Crippen molar-refractivity contribution in [2.75, 3.05) is 0 Å². The number of aromatic nitrogens is 3. The number of benzene rings is 2. The first-order valence-corrected chi connectivity index (χ1v) is 9.19. The lowest BCUT2D eigenvalue weighted by Crippen LogP contribution is -2.23. The molecule has 0 aliphatic carbocycles. The molecule has 0 spiro atoms. The summed E-state index contributed by atoms with van der Waals surface area (Å²) in [5.74, 6) is -0.305. The molecule has 0 saturated carbocycles. The van der Waals surface area contributed by atoms with Gasteiger partial charge in [0.15, 0.2) is 11.6 Å². The minimum Gasteiger partial charge on any atom is -0.502 e. The zero-order valence-electron chi connectivity index (χ0n) is 16.0. The standard InChI is InChI=1S/C21H16N6O4/c28-19-9-8-14(11-18(19)27(30)31)12-23-25-20(29)13-26-17-7-2-1-5-15(17)24-21(26)16-6-3-4-10-22-16/h1-12,28H,13H2,(H,25,29). The number of phenols is 1. The molecule has 31 heavy (non-hydrogen) atoms. The van der Waals surface area contributed by atoms with Gasteiger partial charge >= 0.3 is 5.69 Å². The van der Waals surface area contributed by atoms with Crippen LogP contribution in [0.25, 0.3) is 22.6 Å². The van der Waals surface area contributed by atoms with E-state index in [0.717, 1.165) is 17.1 Å². The van der Waals surface area contributed by atoms with Crippen LogP contribution in [0.1, 0.15) is 5.56 Å². The molecule has 0 saturated heterocycles. The topological polar surface area (TPSA) is 136 Å². The Morgan fingerprint density at radius 3 is 2.77 bits per heavy atom. The molecule has 10 nitrogen and oxygen atoms in total. The summed E-state index contributed by atoms with van der Waals surface area (Å²) in [6.45, 7) is -0.0561. The molecular formula is C21H16N6O4. The quantitative estimate of drug-likeness (QED) is 0.282. The lowest BCUT2D eigenvalue weighted by Gasteiger charge is -2.07. The van der Waals surface area contributed by atoms with Gasteiger partial charge in [0.25, 0.3) is 5.91 Å². The molecule has 2 heterocycles. The third kappa shape index (κ3) is 4.22. The summed E-state index contributed by atoms with van der Waals surface area (Å²) < 4.78 is 1.74. The molecule has 2 aromatic heterocycles. The molecule has 2 aromatic carbocycles. The normalized spacial score (nSPS) is 11.1. The molecule has 0 fully saturated rings. The fourth-order valence-corrected chi connectivity index (χ4v) is 3.05. The van der Waals surface area contributed by atoms with Crippen molar-refractivity contribution in [1.82, 2.24) is 20.0 Å². The van der Waals surface area contributed by atoms with Crippen LogP contribution in [0, 0.1) is 10.1 Å². The molecule has 0 radical (unpaired) electrons. The minimum atomic E-state index is -0.700. The number of carbonyl (C=O) groups excluding carboxylic acids is 1. The zero-order valence-corrected chi connectivity index (χ0v) is 16.0. The number of hydrogen-bond acceptors (Lipinski definition) is 7. The summed E-state index contributed by atoms with van der Waals surface area (Å²) in [5.41, 5.74) is 4.45. The number of carbonyl (C=O) groups is 1. The largest absolute Gasteiger partial charge is 0.502 e. The van der Waals surface area contributed by atoms with Crippen LogP contribution in [0.5, 0.6) is 5.75 Å². The molecule has 2 N–H and O–H groups in total. The van der Waals surface area contributed by atoms with Crippen LogP contribution in [0.15, 0.2) is 72.0 Å². The molecule has 154 valence electrons. The van der Waals surface area contributed by atoms with E-state index in [0.29, 0.717) is 17.1 Å². The van der Waals surface area contributed by atoms with Gasteiger partial charge in [-0.25, -0.2) is 10.4 Å². The van der Waals surface area contributed by atoms with Gasteiger partial charge in [-0.05, 0) is 36.4 Å². The van der Waals surface area contributed by atoms with Crippen molar-refractivity contribution in [2.24, 2.45) is 5.10 Å². The van der Waals surface area contributed by atoms with Crippen molar-refractivity contribution < 1.29 is 14.8 Å². The fourth-order valence-electron chi connectivity index (χ4n) is 3.05. The molecule has 0 aliphatic rings. The van der Waals surface area contributed by atoms with Crippen molar-refractivity contribution in [3.05, 3.63) is 82.5 Å². The predicted molar refractivity (Wildman–Crippen MR) is 113 cm³/mol. The van der Waals surface area contributed by atoms with E-state index in [1.54, 1.807) is 16.8 Å². The highest BCUT2D eigenvalue weighted by molar-refractivity contribution is 5.86. The molecule has 4 aromatic rings. The summed E-state index contributed by atoms with van der Waals surface area (Å²) in [6.07, 6.45) is 2.91. The second-order valence-corrected chi connectivity index (χ2v) is 6.52. The number of hydrogen-bond donors (Lipinski definition) is 2. The second kappa shape index (κ2) is 8.41. The van der Waals surface area contributed by atoms with E-state index in [4.69, 9.17) is 0 Å². The third-order valence-corrected chi connectivity index (χ3v) is 4.45. The lowest BCUT2D eigenvalue weighted by atomic mass is 10.2. The number of imidazole rings is 1. The van der Waals surface area contributed by atoms with E-state index in [1.807, 2.05) is 36.4 Å². The number of fused-ring (bicyclic) bond motifs is 1. The molecule has 1 amide bonds. The Morgan fingerprint density at radius 2 is 2.00 bits per heavy atom. The highest BCUT2D eigenvalue weighted by Crippen LogP contribution is 2.25. The number of nitro groups is 1. The monoisotopic (exact) mass is 416 g/mol. The number of rotatable bonds is 6. The molecule has 4 rings (SSSR count). The van der Waals surface area contributed by atoms with Crippen molar-refractivity contribution in [2.45, 2.75) is 6.54 Å². The first-order chi connectivity index (χ1) is 15.0. The van der Waals surface area contributed by atoms with Crippen LogP contribution in [0.3, 0.4) is 0 Å². The van der Waals surface area contributed by atoms with Gasteiger partial charge in [0, 0.05) is 17.8 Å². The Labute approximate surface area is 175 Å². The van der Waals surface area contributed by atoms with Gasteiger partial charge in [-0.1, -0.05) is 18.2 Å². The minimum absolute atomic E-state index is 0.0561. The van der Waals surface area contributed by atoms with Crippen molar-refractivity contribution in [1.29, 1.82) is 0 Å². The number of pyridine rings is 1. The number of amides is 1. The van der Waals surface area contributed by atoms with Crippen molar-refractivity contribution >= 4 is 28.8 Å². The maximum atomic E-state index is 12.5. The van der Waals surface area contributed by atoms with Gasteiger partial charge in [0.05, 0.1) is 22.2 Å². The van der Waals surface area contributed by atoms with Gasteiger partial charge < -0.3 is 9.67 Å². The number of hydrazone groups is 1. The fraction of sp³-hybridized carbons (Fsp3) is 0.0476. The van der Waals surface area contributed by atoms with Gasteiger partial charge in [0.1, 0.15) is 12.2 Å². The molecule has 0 bridgehead atoms. The number of nitrogens with one attached hydrogen (secondary N) is 1. The van der Waals surface area contributed by atoms with E-state index in [1.165, 1.54) is 18.3 Å². The summed E-state index contributed by atoms with van der Waals surface area (Å²) in [6, 6.07) is 16.7. The Bertz CT molecular complexity index is 1300. The van der Waals surface area contributed by atoms with Crippen molar-refractivity contribution in [3.8, 4) is 17.3 Å². The highest BCUT2D eigenvalue weighted by atomic mass is 16.6. The summed E-state index contributed by atoms with van der Waals surface area (Å²) >= 11 is 0. The predicted octanol–water partition coefficient (Wildman–Crippen LogP) is 2.86. The lowest BCUT2D eigenvalue weighted by molar-refractivity contribution is -0.385. The third-order valence-electron chi connectivity index (χ3n) is 4.45. The molecule has 0 unspecified atom stereocenters. The average Bonchev–Trinajstić information content (AvgIpc) is 3.14. The van der Waals surface area contributed by atoms with Crippen LogP contribution in [0.2, 0.25) is 0 Å². The van der Waals surface area contributed by atoms with Crippen LogP contribution < -0.4 is 5.43 Å². The number of aromatic hydroxyl groups is 1. The van der Waals surface area contributed by atoms with E-state index in [2.05, 4.69) is 20.5 Å². The van der Waals surface area contributed by atoms with Crippen LogP contribution in [-0.4, -0.2) is 36.7 Å². The number of nitrogens with zero attached hydrogens (tertiary/aromatic N) is 5. The second-order valence-electron chi connectivity index (χ2n) is 6.52. The Hall–Kier alpha value is -4.60. The number of para-hydroxylation sites is 2. The zero-order chi connectivity index (χ0) is 21.8. The van der Waals surface area contributed by atoms with Crippen LogP contribution >= 0.6 is 0 Å². The number of nitro benzene ring substituents is 1. The average molecular weight is 416 g/mol. The molecule has 0 atom stereocenters. The van der Waals surface area contributed by atoms with Gasteiger partial charge in [-0.15, -0.1) is 0 Å². The van der Waals surface area contributed by atoms with Crippen molar-refractivity contribution in [3.63, 3.8) is 0 Å². The Balaban J connectivity index is 1.55. The van der Waals surface area contributed by atoms with Crippen LogP contribution in [-0.2, 0) is 11.3 Å². The summed E-state index contributed by atoms with van der Waals surface area (Å²) in [5, 5.41) is 24.3. The van der Waals surface area contributed by atoms with Gasteiger partial charge in [0.2, 0.25) is 0 Å².